The Balaban J connectivity index is 1.64. The molecule has 0 saturated heterocycles. The van der Waals surface area contributed by atoms with Crippen LogP contribution >= 0.6 is 11.3 Å². The Bertz CT molecular complexity index is 793. The summed E-state index contributed by atoms with van der Waals surface area (Å²) in [7, 11) is 0. The molecule has 0 atom stereocenters. The van der Waals surface area contributed by atoms with E-state index < -0.39 is 0 Å². The number of carbonyl (C=O) groups is 1. The van der Waals surface area contributed by atoms with Crippen LogP contribution in [-0.4, -0.2) is 27.7 Å². The average Bonchev–Trinajstić information content (AvgIpc) is 3.10. The second-order valence-corrected chi connectivity index (χ2v) is 5.27. The van der Waals surface area contributed by atoms with E-state index in [1.165, 1.54) is 29.9 Å². The van der Waals surface area contributed by atoms with E-state index in [2.05, 4.69) is 20.3 Å². The predicted molar refractivity (Wildman–Crippen MR) is 75.7 cm³/mol. The topological polar surface area (TPSA) is 86.2 Å². The van der Waals surface area contributed by atoms with Gasteiger partial charge >= 0.3 is 0 Å². The molecule has 1 N–H and O–H groups in total. The fourth-order valence-corrected chi connectivity index (χ4v) is 2.82. The minimum atomic E-state index is -0.345. The number of ether oxygens (including phenoxy) is 2. The lowest BCUT2D eigenvalue weighted by Crippen LogP contribution is -2.13. The van der Waals surface area contributed by atoms with Gasteiger partial charge in [-0.15, -0.1) is 0 Å². The minimum Gasteiger partial charge on any atom is -0.454 e. The van der Waals surface area contributed by atoms with Crippen molar-refractivity contribution in [2.75, 3.05) is 12.1 Å². The number of nitrogens with one attached hydrogen (secondary N) is 1. The molecule has 2 aromatic heterocycles. The van der Waals surface area contributed by atoms with Gasteiger partial charge in [0.25, 0.3) is 5.91 Å². The van der Waals surface area contributed by atoms with Crippen LogP contribution in [0.15, 0.2) is 30.7 Å². The van der Waals surface area contributed by atoms with Crippen molar-refractivity contribution in [3.8, 4) is 11.5 Å². The third kappa shape index (κ3) is 2.15. The van der Waals surface area contributed by atoms with Crippen molar-refractivity contribution in [1.29, 1.82) is 0 Å². The summed E-state index contributed by atoms with van der Waals surface area (Å²) in [6, 6.07) is 3.65. The summed E-state index contributed by atoms with van der Waals surface area (Å²) in [4.78, 5) is 24.2. The van der Waals surface area contributed by atoms with Crippen LogP contribution in [0, 0.1) is 0 Å². The van der Waals surface area contributed by atoms with E-state index in [-0.39, 0.29) is 18.4 Å². The Morgan fingerprint density at radius 2 is 2.10 bits per heavy atom. The number of fused-ring (bicyclic) bond motifs is 2. The highest BCUT2D eigenvalue weighted by atomic mass is 32.1. The van der Waals surface area contributed by atoms with Crippen LogP contribution in [-0.2, 0) is 0 Å². The number of hydrogen-bond acceptors (Lipinski definition) is 7. The maximum absolute atomic E-state index is 12.0. The zero-order valence-electron chi connectivity index (χ0n) is 10.6. The third-order valence-corrected chi connectivity index (χ3v) is 3.83. The molecule has 0 aliphatic carbocycles. The second-order valence-electron chi connectivity index (χ2n) is 4.24. The van der Waals surface area contributed by atoms with Crippen molar-refractivity contribution in [3.05, 3.63) is 36.4 Å². The van der Waals surface area contributed by atoms with Crippen molar-refractivity contribution in [2.45, 2.75) is 0 Å². The molecule has 4 rings (SSSR count). The monoisotopic (exact) mass is 300 g/mol. The molecular weight excluding hydrogens is 292 g/mol. The van der Waals surface area contributed by atoms with Gasteiger partial charge in [0, 0.05) is 24.5 Å². The molecule has 1 amide bonds. The van der Waals surface area contributed by atoms with Gasteiger partial charge in [0.05, 0.1) is 16.4 Å². The first-order valence-corrected chi connectivity index (χ1v) is 6.89. The molecule has 3 heterocycles. The molecule has 8 heteroatoms. The van der Waals surface area contributed by atoms with Gasteiger partial charge < -0.3 is 9.47 Å². The normalized spacial score (nSPS) is 12.6. The lowest BCUT2D eigenvalue weighted by atomic mass is 10.3. The first kappa shape index (κ1) is 12.0. The van der Waals surface area contributed by atoms with Gasteiger partial charge in [0.2, 0.25) is 6.79 Å². The molecule has 21 heavy (non-hydrogen) atoms. The van der Waals surface area contributed by atoms with E-state index in [9.17, 15) is 4.79 Å². The molecule has 0 fully saturated rings. The molecule has 0 spiro atoms. The van der Waals surface area contributed by atoms with Gasteiger partial charge in [-0.05, 0) is 0 Å². The highest BCUT2D eigenvalue weighted by Crippen LogP contribution is 2.38. The van der Waals surface area contributed by atoms with Gasteiger partial charge in [0.1, 0.15) is 5.69 Å². The number of hydrogen-bond donors (Lipinski definition) is 1. The largest absolute Gasteiger partial charge is 0.454 e. The van der Waals surface area contributed by atoms with Crippen LogP contribution in [0.5, 0.6) is 11.5 Å². The SMILES string of the molecule is O=C(Nc1nc2cc3c(cc2s1)OCO3)c1cnccn1. The van der Waals surface area contributed by atoms with E-state index in [0.29, 0.717) is 16.6 Å². The summed E-state index contributed by atoms with van der Waals surface area (Å²) < 4.78 is 11.5. The smallest absolute Gasteiger partial charge is 0.277 e. The van der Waals surface area contributed by atoms with Crippen LogP contribution in [0.2, 0.25) is 0 Å². The van der Waals surface area contributed by atoms with Gasteiger partial charge in [-0.25, -0.2) is 9.97 Å². The summed E-state index contributed by atoms with van der Waals surface area (Å²) in [6.45, 7) is 0.225. The number of nitrogens with zero attached hydrogens (tertiary/aromatic N) is 3. The fourth-order valence-electron chi connectivity index (χ4n) is 1.95. The fraction of sp³-hybridized carbons (Fsp3) is 0.0769. The number of rotatable bonds is 2. The molecule has 0 saturated carbocycles. The van der Waals surface area contributed by atoms with Gasteiger partial charge in [-0.1, -0.05) is 11.3 Å². The number of aromatic nitrogens is 3. The standard InChI is InChI=1S/C13H8N4O3S/c18-12(8-5-14-1-2-15-8)17-13-16-7-3-9-10(20-6-19-9)4-11(7)21-13/h1-5H,6H2,(H,16,17,18). The van der Waals surface area contributed by atoms with Crippen molar-refractivity contribution in [2.24, 2.45) is 0 Å². The Kier molecular flexibility index (Phi) is 2.68. The maximum atomic E-state index is 12.0. The molecular formula is C13H8N4O3S. The summed E-state index contributed by atoms with van der Waals surface area (Å²) >= 11 is 1.36. The molecule has 1 aliphatic rings. The van der Waals surface area contributed by atoms with Gasteiger partial charge in [-0.3, -0.25) is 15.1 Å². The number of amides is 1. The van der Waals surface area contributed by atoms with E-state index in [1.807, 2.05) is 6.07 Å². The Hall–Kier alpha value is -2.74. The summed E-state index contributed by atoms with van der Waals surface area (Å²) in [5, 5.41) is 3.20. The van der Waals surface area contributed by atoms with Crippen molar-refractivity contribution < 1.29 is 14.3 Å². The quantitative estimate of drug-likeness (QED) is 0.779. The predicted octanol–water partition coefficient (Wildman–Crippen LogP) is 2.07. The van der Waals surface area contributed by atoms with Crippen LogP contribution in [0.25, 0.3) is 10.2 Å². The highest BCUT2D eigenvalue weighted by molar-refractivity contribution is 7.22. The molecule has 3 aromatic rings. The van der Waals surface area contributed by atoms with E-state index >= 15 is 0 Å². The number of anilines is 1. The number of carbonyl (C=O) groups excluding carboxylic acids is 1. The summed E-state index contributed by atoms with van der Waals surface area (Å²) in [6.07, 6.45) is 4.38. The molecule has 0 radical (unpaired) electrons. The molecule has 0 unspecified atom stereocenters. The number of benzene rings is 1. The van der Waals surface area contributed by atoms with Crippen LogP contribution in [0.1, 0.15) is 10.5 Å². The third-order valence-electron chi connectivity index (χ3n) is 2.90. The van der Waals surface area contributed by atoms with Crippen molar-refractivity contribution in [1.82, 2.24) is 15.0 Å². The van der Waals surface area contributed by atoms with Crippen LogP contribution in [0.4, 0.5) is 5.13 Å². The van der Waals surface area contributed by atoms with Gasteiger partial charge in [-0.2, -0.15) is 0 Å². The van der Waals surface area contributed by atoms with E-state index in [4.69, 9.17) is 9.47 Å². The van der Waals surface area contributed by atoms with E-state index in [1.54, 1.807) is 6.07 Å². The first-order valence-electron chi connectivity index (χ1n) is 6.07. The molecule has 104 valence electrons. The number of thiazole rings is 1. The summed E-state index contributed by atoms with van der Waals surface area (Å²) in [5.41, 5.74) is 0.990. The highest BCUT2D eigenvalue weighted by Gasteiger charge is 2.17. The van der Waals surface area contributed by atoms with Crippen LogP contribution in [0.3, 0.4) is 0 Å². The lowest BCUT2D eigenvalue weighted by Gasteiger charge is -1.98. The molecule has 1 aliphatic heterocycles. The lowest BCUT2D eigenvalue weighted by molar-refractivity contribution is 0.102. The van der Waals surface area contributed by atoms with Crippen molar-refractivity contribution in [3.63, 3.8) is 0 Å². The van der Waals surface area contributed by atoms with Crippen LogP contribution < -0.4 is 14.8 Å². The Morgan fingerprint density at radius 1 is 1.24 bits per heavy atom. The zero-order chi connectivity index (χ0) is 14.2. The average molecular weight is 300 g/mol. The molecule has 7 nitrogen and oxygen atoms in total. The van der Waals surface area contributed by atoms with Crippen molar-refractivity contribution >= 4 is 32.6 Å². The molecule has 1 aromatic carbocycles. The Morgan fingerprint density at radius 3 is 2.90 bits per heavy atom. The first-order chi connectivity index (χ1) is 10.3. The minimum absolute atomic E-state index is 0.225. The molecule has 0 bridgehead atoms. The van der Waals surface area contributed by atoms with Gasteiger partial charge in [0.15, 0.2) is 16.6 Å². The Labute approximate surface area is 122 Å². The van der Waals surface area contributed by atoms with E-state index in [0.717, 1.165) is 10.2 Å². The maximum Gasteiger partial charge on any atom is 0.277 e. The zero-order valence-corrected chi connectivity index (χ0v) is 11.4. The second kappa shape index (κ2) is 4.67. The summed E-state index contributed by atoms with van der Waals surface area (Å²) in [5.74, 6) is 1.01.